The first kappa shape index (κ1) is 20.7. The topological polar surface area (TPSA) is 52.5 Å². The van der Waals surface area contributed by atoms with Gasteiger partial charge in [-0.05, 0) is 60.7 Å². The van der Waals surface area contributed by atoms with E-state index in [1.165, 1.54) is 0 Å². The highest BCUT2D eigenvalue weighted by Gasteiger charge is 2.41. The molecule has 0 fully saturated rings. The fraction of sp³-hybridized carbons (Fsp3) is 0.240. The Hall–Kier alpha value is -3.19. The Bertz CT molecular complexity index is 1180. The predicted molar refractivity (Wildman–Crippen MR) is 126 cm³/mol. The zero-order chi connectivity index (χ0) is 22.2. The van der Waals surface area contributed by atoms with Gasteiger partial charge in [0.05, 0.1) is 33.1 Å². The van der Waals surface area contributed by atoms with Crippen molar-refractivity contribution in [3.8, 4) is 23.0 Å². The zero-order valence-corrected chi connectivity index (χ0v) is 19.6. The zero-order valence-electron chi connectivity index (χ0n) is 18.0. The van der Waals surface area contributed by atoms with Gasteiger partial charge in [0.25, 0.3) is 0 Å². The lowest BCUT2D eigenvalue weighted by molar-refractivity contribution is -0.0191. The molecule has 5 rings (SSSR count). The fourth-order valence-electron chi connectivity index (χ4n) is 4.24. The smallest absolute Gasteiger partial charge is 0.213 e. The van der Waals surface area contributed by atoms with Gasteiger partial charge in [0.2, 0.25) is 6.23 Å². The van der Waals surface area contributed by atoms with Gasteiger partial charge in [-0.25, -0.2) is 5.01 Å². The van der Waals surface area contributed by atoms with Crippen molar-refractivity contribution in [3.05, 3.63) is 81.8 Å². The molecular weight excluding hydrogens is 472 g/mol. The van der Waals surface area contributed by atoms with Crippen LogP contribution in [-0.4, -0.2) is 32.0 Å². The van der Waals surface area contributed by atoms with Crippen LogP contribution in [0, 0.1) is 0 Å². The molecule has 0 radical (unpaired) electrons. The molecule has 6 nitrogen and oxygen atoms in total. The highest BCUT2D eigenvalue weighted by molar-refractivity contribution is 9.10. The van der Waals surface area contributed by atoms with Crippen molar-refractivity contribution >= 4 is 21.6 Å². The summed E-state index contributed by atoms with van der Waals surface area (Å²) >= 11 is 3.60. The molecule has 0 aromatic heterocycles. The molecule has 164 valence electrons. The Morgan fingerprint density at radius 2 is 1.69 bits per heavy atom. The second-order valence-electron chi connectivity index (χ2n) is 7.64. The predicted octanol–water partition coefficient (Wildman–Crippen LogP) is 5.72. The van der Waals surface area contributed by atoms with Crippen molar-refractivity contribution in [2.45, 2.75) is 18.7 Å². The van der Waals surface area contributed by atoms with E-state index in [1.54, 1.807) is 21.3 Å². The number of hydrazone groups is 1. The summed E-state index contributed by atoms with van der Waals surface area (Å²) in [6.45, 7) is 0. The van der Waals surface area contributed by atoms with E-state index in [1.807, 2.05) is 54.6 Å². The molecule has 0 aliphatic carbocycles. The van der Waals surface area contributed by atoms with Gasteiger partial charge in [0.15, 0.2) is 11.5 Å². The van der Waals surface area contributed by atoms with Gasteiger partial charge in [-0.15, -0.1) is 0 Å². The number of nitrogens with zero attached hydrogens (tertiary/aromatic N) is 2. The maximum atomic E-state index is 6.44. The van der Waals surface area contributed by atoms with Crippen LogP contribution in [0.5, 0.6) is 23.0 Å². The molecule has 0 N–H and O–H groups in total. The lowest BCUT2D eigenvalue weighted by atomic mass is 9.95. The summed E-state index contributed by atoms with van der Waals surface area (Å²) in [7, 11) is 4.94. The molecule has 2 aliphatic heterocycles. The van der Waals surface area contributed by atoms with Crippen LogP contribution in [0.15, 0.2) is 70.2 Å². The summed E-state index contributed by atoms with van der Waals surface area (Å²) in [6, 6.07) is 20.0. The first-order valence-corrected chi connectivity index (χ1v) is 11.1. The SMILES string of the molecule is COc1ccc([C@@H]2Oc3ccc(Br)cc3[C@@H]3CC(c4ccc(OC)c(OC)c4)=NN32)cc1. The lowest BCUT2D eigenvalue weighted by Gasteiger charge is -2.38. The van der Waals surface area contributed by atoms with E-state index in [-0.39, 0.29) is 12.3 Å². The summed E-state index contributed by atoms with van der Waals surface area (Å²) in [5, 5.41) is 7.08. The molecular formula is C25H23BrN2O4. The number of fused-ring (bicyclic) bond motifs is 3. The Morgan fingerprint density at radius 3 is 2.41 bits per heavy atom. The minimum atomic E-state index is -0.336. The molecule has 7 heteroatoms. The second-order valence-corrected chi connectivity index (χ2v) is 8.56. The van der Waals surface area contributed by atoms with Crippen LogP contribution in [0.4, 0.5) is 0 Å². The van der Waals surface area contributed by atoms with E-state index in [4.69, 9.17) is 24.0 Å². The molecule has 2 heterocycles. The maximum absolute atomic E-state index is 6.44. The van der Waals surface area contributed by atoms with E-state index in [2.05, 4.69) is 27.0 Å². The van der Waals surface area contributed by atoms with Crippen LogP contribution in [-0.2, 0) is 0 Å². The van der Waals surface area contributed by atoms with Gasteiger partial charge in [-0.1, -0.05) is 15.9 Å². The summed E-state index contributed by atoms with van der Waals surface area (Å²) in [5.41, 5.74) is 4.11. The van der Waals surface area contributed by atoms with Crippen molar-refractivity contribution in [2.75, 3.05) is 21.3 Å². The molecule has 0 bridgehead atoms. The van der Waals surface area contributed by atoms with E-state index in [9.17, 15) is 0 Å². The maximum Gasteiger partial charge on any atom is 0.213 e. The van der Waals surface area contributed by atoms with Gasteiger partial charge >= 0.3 is 0 Å². The van der Waals surface area contributed by atoms with Crippen LogP contribution in [0.25, 0.3) is 0 Å². The molecule has 3 aromatic carbocycles. The van der Waals surface area contributed by atoms with E-state index in [0.717, 1.165) is 44.8 Å². The van der Waals surface area contributed by atoms with E-state index < -0.39 is 0 Å². The van der Waals surface area contributed by atoms with E-state index >= 15 is 0 Å². The number of methoxy groups -OCH3 is 3. The van der Waals surface area contributed by atoms with Gasteiger partial charge < -0.3 is 18.9 Å². The van der Waals surface area contributed by atoms with Crippen LogP contribution >= 0.6 is 15.9 Å². The summed E-state index contributed by atoms with van der Waals surface area (Å²) < 4.78 is 23.7. The normalized spacial score (nSPS) is 18.9. The quantitative estimate of drug-likeness (QED) is 0.454. The summed E-state index contributed by atoms with van der Waals surface area (Å²) in [4.78, 5) is 0. The average molecular weight is 495 g/mol. The minimum absolute atomic E-state index is 0.0615. The standard InChI is InChI=1S/C25H23BrN2O4/c1-29-18-8-4-15(5-9-18)25-28-21(19-13-17(26)7-11-22(19)32-25)14-20(27-28)16-6-10-23(30-2)24(12-16)31-3/h4-13,21,25H,14H2,1-3H3/t21-,25-/m0/s1. The Labute approximate surface area is 195 Å². The number of hydrogen-bond acceptors (Lipinski definition) is 6. The molecule has 0 unspecified atom stereocenters. The van der Waals surface area contributed by atoms with Crippen LogP contribution in [0.3, 0.4) is 0 Å². The van der Waals surface area contributed by atoms with Gasteiger partial charge in [-0.3, -0.25) is 0 Å². The van der Waals surface area contributed by atoms with Gasteiger partial charge in [0.1, 0.15) is 11.5 Å². The number of benzene rings is 3. The van der Waals surface area contributed by atoms with Crippen LogP contribution < -0.4 is 18.9 Å². The first-order valence-electron chi connectivity index (χ1n) is 10.3. The number of rotatable bonds is 5. The Morgan fingerprint density at radius 1 is 0.906 bits per heavy atom. The lowest BCUT2D eigenvalue weighted by Crippen LogP contribution is -2.33. The highest BCUT2D eigenvalue weighted by atomic mass is 79.9. The molecule has 0 amide bonds. The van der Waals surface area contributed by atoms with E-state index in [0.29, 0.717) is 11.5 Å². The molecule has 3 aromatic rings. The monoisotopic (exact) mass is 494 g/mol. The second kappa shape index (κ2) is 8.39. The van der Waals surface area contributed by atoms with Crippen LogP contribution in [0.1, 0.15) is 35.4 Å². The highest BCUT2D eigenvalue weighted by Crippen LogP contribution is 2.48. The fourth-order valence-corrected chi connectivity index (χ4v) is 4.62. The van der Waals surface area contributed by atoms with Crippen molar-refractivity contribution in [2.24, 2.45) is 5.10 Å². The molecule has 2 aliphatic rings. The van der Waals surface area contributed by atoms with Crippen molar-refractivity contribution < 1.29 is 18.9 Å². The van der Waals surface area contributed by atoms with Crippen LogP contribution in [0.2, 0.25) is 0 Å². The first-order chi connectivity index (χ1) is 15.6. The minimum Gasteiger partial charge on any atom is -0.497 e. The summed E-state index contributed by atoms with van der Waals surface area (Å²) in [6.07, 6.45) is 0.423. The molecule has 0 saturated carbocycles. The molecule has 2 atom stereocenters. The van der Waals surface area contributed by atoms with Gasteiger partial charge in [-0.2, -0.15) is 5.10 Å². The third kappa shape index (κ3) is 3.56. The third-order valence-electron chi connectivity index (χ3n) is 5.87. The number of ether oxygens (including phenoxy) is 4. The average Bonchev–Trinajstić information content (AvgIpc) is 3.29. The number of hydrogen-bond donors (Lipinski definition) is 0. The molecule has 0 spiro atoms. The molecule has 0 saturated heterocycles. The number of halogens is 1. The third-order valence-corrected chi connectivity index (χ3v) is 6.36. The van der Waals surface area contributed by atoms with Gasteiger partial charge in [0, 0.05) is 27.6 Å². The Kier molecular flexibility index (Phi) is 5.43. The van der Waals surface area contributed by atoms with Crippen molar-refractivity contribution in [3.63, 3.8) is 0 Å². The molecule has 32 heavy (non-hydrogen) atoms. The summed E-state index contributed by atoms with van der Waals surface area (Å²) in [5.74, 6) is 3.06. The largest absolute Gasteiger partial charge is 0.497 e. The van der Waals surface area contributed by atoms with Crippen molar-refractivity contribution in [1.29, 1.82) is 0 Å². The Balaban J connectivity index is 1.57. The van der Waals surface area contributed by atoms with Crippen molar-refractivity contribution in [1.82, 2.24) is 5.01 Å².